The van der Waals surface area contributed by atoms with Gasteiger partial charge in [0.15, 0.2) is 5.78 Å². The number of aromatic nitrogens is 1. The predicted molar refractivity (Wildman–Crippen MR) is 119 cm³/mol. The second-order valence-electron chi connectivity index (χ2n) is 6.75. The van der Waals surface area contributed by atoms with E-state index in [2.05, 4.69) is 4.98 Å². The Kier molecular flexibility index (Phi) is 4.52. The molecule has 0 saturated carbocycles. The minimum absolute atomic E-state index is 0.110. The van der Waals surface area contributed by atoms with Gasteiger partial charge < -0.3 is 4.42 Å². The first-order valence-corrected chi connectivity index (χ1v) is 10.4. The number of furan rings is 1. The smallest absolute Gasteiger partial charge is 0.238 e. The molecule has 0 N–H and O–H groups in total. The summed E-state index contributed by atoms with van der Waals surface area (Å²) in [6, 6.07) is 19.9. The van der Waals surface area contributed by atoms with Crippen molar-refractivity contribution in [3.8, 4) is 22.7 Å². The molecule has 0 saturated heterocycles. The third-order valence-corrected chi connectivity index (χ3v) is 6.20. The van der Waals surface area contributed by atoms with Crippen molar-refractivity contribution in [2.45, 2.75) is 0 Å². The van der Waals surface area contributed by atoms with Gasteiger partial charge in [0.25, 0.3) is 0 Å². The van der Waals surface area contributed by atoms with E-state index >= 15 is 0 Å². The monoisotopic (exact) mass is 439 g/mol. The van der Waals surface area contributed by atoms with Gasteiger partial charge in [-0.05, 0) is 23.8 Å². The molecule has 5 nitrogen and oxygen atoms in total. The fourth-order valence-electron chi connectivity index (χ4n) is 3.53. The second-order valence-corrected chi connectivity index (χ2v) is 8.22. The van der Waals surface area contributed by atoms with Crippen LogP contribution >= 0.6 is 22.9 Å². The molecule has 0 fully saturated rings. The summed E-state index contributed by atoms with van der Waals surface area (Å²) in [6.45, 7) is 0. The summed E-state index contributed by atoms with van der Waals surface area (Å²) in [5, 5.41) is 20.3. The SMILES string of the molecule is N#CC(C#N)=C1/C(=C/c2cc3sc(-c4ccc(Cl)cc4)nc3o2)C(=O)c2ccccc21. The van der Waals surface area contributed by atoms with Gasteiger partial charge in [0.05, 0.1) is 4.70 Å². The zero-order valence-electron chi connectivity index (χ0n) is 15.7. The number of benzene rings is 2. The molecule has 146 valence electrons. The van der Waals surface area contributed by atoms with Crippen LogP contribution < -0.4 is 0 Å². The topological polar surface area (TPSA) is 90.7 Å². The van der Waals surface area contributed by atoms with Crippen molar-refractivity contribution >= 4 is 50.8 Å². The standard InChI is InChI=1S/C24H10ClN3O2S/c25-15-7-5-13(6-8-15)24-28-23-20(31-24)10-16(30-23)9-19-21(14(11-26)12-27)17-3-1-2-4-18(17)22(19)29/h1-10H/b19-9-. The van der Waals surface area contributed by atoms with E-state index in [1.54, 1.807) is 48.5 Å². The fourth-order valence-corrected chi connectivity index (χ4v) is 4.60. The Morgan fingerprint density at radius 2 is 1.77 bits per heavy atom. The number of carbonyl (C=O) groups is 1. The van der Waals surface area contributed by atoms with Gasteiger partial charge in [0, 0.05) is 33.4 Å². The first-order valence-electron chi connectivity index (χ1n) is 9.16. The van der Waals surface area contributed by atoms with Gasteiger partial charge in [-0.1, -0.05) is 48.0 Å². The lowest BCUT2D eigenvalue weighted by Gasteiger charge is -2.00. The molecule has 0 amide bonds. The number of halogens is 1. The van der Waals surface area contributed by atoms with Crippen LogP contribution in [0.4, 0.5) is 0 Å². The van der Waals surface area contributed by atoms with Crippen molar-refractivity contribution in [2.75, 3.05) is 0 Å². The number of fused-ring (bicyclic) bond motifs is 2. The van der Waals surface area contributed by atoms with E-state index in [1.807, 2.05) is 24.3 Å². The lowest BCUT2D eigenvalue weighted by atomic mass is 9.99. The minimum Gasteiger partial charge on any atom is -0.437 e. The number of Topliss-reactive ketones (excluding diaryl/α,β-unsaturated/α-hetero) is 1. The summed E-state index contributed by atoms with van der Waals surface area (Å²) < 4.78 is 6.68. The van der Waals surface area contributed by atoms with E-state index < -0.39 is 0 Å². The lowest BCUT2D eigenvalue weighted by Crippen LogP contribution is -1.95. The van der Waals surface area contributed by atoms with Crippen LogP contribution in [0.1, 0.15) is 21.7 Å². The second kappa shape index (κ2) is 7.37. The highest BCUT2D eigenvalue weighted by Crippen LogP contribution is 2.40. The summed E-state index contributed by atoms with van der Waals surface area (Å²) in [5.41, 5.74) is 2.91. The molecule has 31 heavy (non-hydrogen) atoms. The molecular formula is C24H10ClN3O2S. The van der Waals surface area contributed by atoms with Crippen LogP contribution in [0.15, 0.2) is 70.2 Å². The highest BCUT2D eigenvalue weighted by Gasteiger charge is 2.32. The third-order valence-electron chi connectivity index (χ3n) is 4.91. The van der Waals surface area contributed by atoms with Crippen molar-refractivity contribution in [3.05, 3.63) is 87.7 Å². The highest BCUT2D eigenvalue weighted by atomic mass is 35.5. The van der Waals surface area contributed by atoms with E-state index in [9.17, 15) is 15.3 Å². The molecular weight excluding hydrogens is 430 g/mol. The number of allylic oxidation sites excluding steroid dienone is 3. The van der Waals surface area contributed by atoms with E-state index in [0.29, 0.717) is 33.2 Å². The van der Waals surface area contributed by atoms with E-state index in [4.69, 9.17) is 16.0 Å². The van der Waals surface area contributed by atoms with E-state index in [0.717, 1.165) is 15.3 Å². The Bertz CT molecular complexity index is 1480. The summed E-state index contributed by atoms with van der Waals surface area (Å²) in [7, 11) is 0. The third kappa shape index (κ3) is 3.15. The first kappa shape index (κ1) is 19.0. The quantitative estimate of drug-likeness (QED) is 0.270. The summed E-state index contributed by atoms with van der Waals surface area (Å²) in [6.07, 6.45) is 1.57. The molecule has 0 aliphatic heterocycles. The summed E-state index contributed by atoms with van der Waals surface area (Å²) >= 11 is 7.41. The van der Waals surface area contributed by atoms with Crippen LogP contribution in [0, 0.1) is 22.7 Å². The Hall–Kier alpha value is -3.97. The molecule has 2 heterocycles. The maximum Gasteiger partial charge on any atom is 0.238 e. The molecule has 0 radical (unpaired) electrons. The maximum absolute atomic E-state index is 13.0. The summed E-state index contributed by atoms with van der Waals surface area (Å²) in [5.74, 6) is 0.184. The first-order chi connectivity index (χ1) is 15.1. The molecule has 0 atom stereocenters. The Morgan fingerprint density at radius 3 is 2.45 bits per heavy atom. The van der Waals surface area contributed by atoms with E-state index in [-0.39, 0.29) is 16.9 Å². The molecule has 4 aromatic rings. The van der Waals surface area contributed by atoms with Crippen molar-refractivity contribution < 1.29 is 9.21 Å². The zero-order valence-corrected chi connectivity index (χ0v) is 17.3. The number of nitrogens with zero attached hydrogens (tertiary/aromatic N) is 3. The average Bonchev–Trinajstić information content (AvgIpc) is 3.42. The number of nitriles is 2. The van der Waals surface area contributed by atoms with E-state index in [1.165, 1.54) is 11.3 Å². The number of ketones is 1. The number of thiazole rings is 1. The normalized spacial score (nSPS) is 14.0. The van der Waals surface area contributed by atoms with Crippen LogP contribution in [-0.2, 0) is 0 Å². The van der Waals surface area contributed by atoms with Gasteiger partial charge in [-0.25, -0.2) is 4.98 Å². The average molecular weight is 440 g/mol. The predicted octanol–water partition coefficient (Wildman–Crippen LogP) is 6.29. The molecule has 1 aliphatic rings. The maximum atomic E-state index is 13.0. The number of hydrogen-bond donors (Lipinski definition) is 0. The fraction of sp³-hybridized carbons (Fsp3) is 0. The molecule has 7 heteroatoms. The highest BCUT2D eigenvalue weighted by molar-refractivity contribution is 7.21. The molecule has 0 bridgehead atoms. The molecule has 1 aliphatic carbocycles. The zero-order chi connectivity index (χ0) is 21.5. The van der Waals surface area contributed by atoms with Gasteiger partial charge in [0.1, 0.15) is 28.5 Å². The molecule has 0 spiro atoms. The molecule has 0 unspecified atom stereocenters. The Labute approximate surface area is 185 Å². The molecule has 2 aromatic heterocycles. The van der Waals surface area contributed by atoms with Crippen LogP contribution in [-0.4, -0.2) is 10.8 Å². The Morgan fingerprint density at radius 1 is 1.06 bits per heavy atom. The van der Waals surface area contributed by atoms with Crippen LogP contribution in [0.2, 0.25) is 5.02 Å². The van der Waals surface area contributed by atoms with Gasteiger partial charge in [-0.2, -0.15) is 10.5 Å². The van der Waals surface area contributed by atoms with Crippen molar-refractivity contribution in [1.82, 2.24) is 4.98 Å². The van der Waals surface area contributed by atoms with Gasteiger partial charge in [-0.15, -0.1) is 11.3 Å². The lowest BCUT2D eigenvalue weighted by molar-refractivity contribution is 0.104. The Balaban J connectivity index is 1.60. The largest absolute Gasteiger partial charge is 0.437 e. The van der Waals surface area contributed by atoms with Crippen molar-refractivity contribution in [1.29, 1.82) is 10.5 Å². The molecule has 2 aromatic carbocycles. The number of rotatable bonds is 2. The minimum atomic E-state index is -0.247. The van der Waals surface area contributed by atoms with Crippen LogP contribution in [0.5, 0.6) is 0 Å². The summed E-state index contributed by atoms with van der Waals surface area (Å²) in [4.78, 5) is 17.5. The van der Waals surface area contributed by atoms with Crippen LogP contribution in [0.25, 0.3) is 32.6 Å². The van der Waals surface area contributed by atoms with Gasteiger partial charge in [0.2, 0.25) is 5.71 Å². The molecule has 5 rings (SSSR count). The van der Waals surface area contributed by atoms with Gasteiger partial charge in [-0.3, -0.25) is 4.79 Å². The van der Waals surface area contributed by atoms with Crippen molar-refractivity contribution in [3.63, 3.8) is 0 Å². The van der Waals surface area contributed by atoms with Crippen LogP contribution in [0.3, 0.4) is 0 Å². The van der Waals surface area contributed by atoms with Crippen molar-refractivity contribution in [2.24, 2.45) is 0 Å². The number of carbonyl (C=O) groups excluding carboxylic acids is 1. The van der Waals surface area contributed by atoms with Gasteiger partial charge >= 0.3 is 0 Å². The number of hydrogen-bond acceptors (Lipinski definition) is 6.